The molecule has 0 aliphatic carbocycles. The van der Waals surface area contributed by atoms with Gasteiger partial charge in [0.15, 0.2) is 5.65 Å². The second kappa shape index (κ2) is 8.44. The van der Waals surface area contributed by atoms with Crippen LogP contribution >= 0.6 is 11.3 Å². The van der Waals surface area contributed by atoms with Gasteiger partial charge < -0.3 is 10.3 Å². The molecule has 1 amide bonds. The average molecular weight is 480 g/mol. The van der Waals surface area contributed by atoms with Gasteiger partial charge >= 0.3 is 0 Å². The van der Waals surface area contributed by atoms with Crippen LogP contribution in [-0.2, 0) is 4.79 Å². The van der Waals surface area contributed by atoms with Gasteiger partial charge in [-0.15, -0.1) is 11.3 Å². The Hall–Kier alpha value is -4.37. The van der Waals surface area contributed by atoms with Crippen LogP contribution in [-0.4, -0.2) is 36.0 Å². The lowest BCUT2D eigenvalue weighted by Gasteiger charge is -2.09. The third-order valence-electron chi connectivity index (χ3n) is 5.87. The molecular formula is C26H21N7OS. The van der Waals surface area contributed by atoms with E-state index in [1.165, 1.54) is 4.88 Å². The molecule has 0 spiro atoms. The molecule has 0 aromatic carbocycles. The fraction of sp³-hybridized carbons (Fsp3) is 0.115. The number of carbonyl (C=O) groups is 1. The zero-order valence-electron chi connectivity index (χ0n) is 19.0. The number of anilines is 1. The van der Waals surface area contributed by atoms with Crippen molar-refractivity contribution in [2.45, 2.75) is 13.8 Å². The number of carbonyl (C=O) groups excluding carboxylic acids is 1. The molecule has 8 nitrogen and oxygen atoms in total. The summed E-state index contributed by atoms with van der Waals surface area (Å²) in [5.74, 6) is -0.165. The number of pyridine rings is 3. The van der Waals surface area contributed by atoms with Crippen LogP contribution < -0.4 is 5.32 Å². The molecule has 0 aliphatic rings. The molecule has 0 saturated heterocycles. The third-order valence-corrected chi connectivity index (χ3v) is 6.78. The Balaban J connectivity index is 1.41. The Kier molecular flexibility index (Phi) is 5.11. The van der Waals surface area contributed by atoms with Gasteiger partial charge in [-0.1, -0.05) is 19.9 Å². The van der Waals surface area contributed by atoms with Crippen molar-refractivity contribution in [2.24, 2.45) is 5.92 Å². The molecule has 0 aliphatic heterocycles. The summed E-state index contributed by atoms with van der Waals surface area (Å²) in [5, 5.41) is 14.5. The lowest BCUT2D eigenvalue weighted by molar-refractivity contribution is -0.118. The molecule has 9 heteroatoms. The highest BCUT2D eigenvalue weighted by Gasteiger charge is 2.16. The molecule has 6 aromatic rings. The zero-order chi connectivity index (χ0) is 23.9. The van der Waals surface area contributed by atoms with Crippen molar-refractivity contribution in [1.82, 2.24) is 30.1 Å². The van der Waals surface area contributed by atoms with Crippen LogP contribution in [0.15, 0.2) is 66.7 Å². The summed E-state index contributed by atoms with van der Waals surface area (Å²) >= 11 is 1.69. The largest absolute Gasteiger partial charge is 0.352 e. The summed E-state index contributed by atoms with van der Waals surface area (Å²) in [4.78, 5) is 30.0. The summed E-state index contributed by atoms with van der Waals surface area (Å²) in [5.41, 5.74) is 6.81. The molecule has 0 fully saturated rings. The van der Waals surface area contributed by atoms with E-state index in [1.54, 1.807) is 29.9 Å². The van der Waals surface area contributed by atoms with E-state index in [4.69, 9.17) is 0 Å². The van der Waals surface area contributed by atoms with Crippen LogP contribution in [0.3, 0.4) is 0 Å². The van der Waals surface area contributed by atoms with Crippen molar-refractivity contribution >= 4 is 44.9 Å². The number of nitrogens with one attached hydrogen (secondary N) is 3. The number of hydrogen-bond donors (Lipinski definition) is 3. The van der Waals surface area contributed by atoms with Crippen molar-refractivity contribution in [1.29, 1.82) is 0 Å². The summed E-state index contributed by atoms with van der Waals surface area (Å²) in [6.45, 7) is 3.71. The molecule has 35 heavy (non-hydrogen) atoms. The molecule has 3 N–H and O–H groups in total. The molecule has 6 heterocycles. The van der Waals surface area contributed by atoms with Crippen LogP contribution in [0.1, 0.15) is 13.8 Å². The lowest BCUT2D eigenvalue weighted by Crippen LogP contribution is -2.17. The van der Waals surface area contributed by atoms with E-state index < -0.39 is 0 Å². The Bertz CT molecular complexity index is 1680. The van der Waals surface area contributed by atoms with Crippen molar-refractivity contribution in [3.05, 3.63) is 66.7 Å². The van der Waals surface area contributed by atoms with E-state index in [-0.39, 0.29) is 11.8 Å². The maximum atomic E-state index is 12.1. The van der Waals surface area contributed by atoms with Gasteiger partial charge in [-0.3, -0.25) is 19.9 Å². The number of nitrogens with zero attached hydrogens (tertiary/aromatic N) is 4. The smallest absolute Gasteiger partial charge is 0.226 e. The summed E-state index contributed by atoms with van der Waals surface area (Å²) in [6, 6.07) is 10.2. The normalized spacial score (nSPS) is 11.5. The zero-order valence-corrected chi connectivity index (χ0v) is 19.9. The van der Waals surface area contributed by atoms with Gasteiger partial charge in [0.1, 0.15) is 0 Å². The van der Waals surface area contributed by atoms with Crippen molar-refractivity contribution in [3.63, 3.8) is 0 Å². The lowest BCUT2D eigenvalue weighted by atomic mass is 10.1. The van der Waals surface area contributed by atoms with Gasteiger partial charge in [0.05, 0.1) is 35.0 Å². The Labute approximate surface area is 204 Å². The Morgan fingerprint density at radius 2 is 1.86 bits per heavy atom. The summed E-state index contributed by atoms with van der Waals surface area (Å²) in [7, 11) is 0. The van der Waals surface area contributed by atoms with Gasteiger partial charge in [-0.05, 0) is 29.6 Å². The van der Waals surface area contributed by atoms with Gasteiger partial charge in [0.25, 0.3) is 0 Å². The number of fused-ring (bicyclic) bond motifs is 2. The second-order valence-corrected chi connectivity index (χ2v) is 9.56. The van der Waals surface area contributed by atoms with Gasteiger partial charge in [0, 0.05) is 56.8 Å². The second-order valence-electron chi connectivity index (χ2n) is 8.61. The number of aromatic nitrogens is 6. The standard InChI is InChI=1S/C26H21N7OS/c1-14(2)26(34)30-17-6-15(9-27-11-17)16-7-19-24(32-33-25(19)29-10-16)21-8-18-20(23-4-3-5-35-23)12-28-13-22(18)31-21/h3-14,31H,1-2H3,(H,30,34)(H,29,32,33). The number of thiophene rings is 1. The third kappa shape index (κ3) is 3.85. The number of hydrogen-bond acceptors (Lipinski definition) is 6. The van der Waals surface area contributed by atoms with E-state index >= 15 is 0 Å². The molecule has 6 aromatic heterocycles. The molecule has 0 radical (unpaired) electrons. The van der Waals surface area contributed by atoms with Crippen LogP contribution in [0.25, 0.3) is 54.9 Å². The first-order valence-corrected chi connectivity index (χ1v) is 12.1. The van der Waals surface area contributed by atoms with E-state index in [2.05, 4.69) is 53.0 Å². The molecule has 6 rings (SSSR count). The minimum Gasteiger partial charge on any atom is -0.352 e. The number of amides is 1. The first kappa shape index (κ1) is 21.2. The number of H-pyrrole nitrogens is 2. The van der Waals surface area contributed by atoms with Gasteiger partial charge in [-0.2, -0.15) is 5.10 Å². The highest BCUT2D eigenvalue weighted by atomic mass is 32.1. The van der Waals surface area contributed by atoms with Crippen LogP contribution in [0.2, 0.25) is 0 Å². The molecule has 0 saturated carbocycles. The van der Waals surface area contributed by atoms with E-state index in [1.807, 2.05) is 44.4 Å². The molecule has 0 unspecified atom stereocenters. The molecule has 0 atom stereocenters. The topological polar surface area (TPSA) is 112 Å². The Morgan fingerprint density at radius 3 is 2.69 bits per heavy atom. The number of rotatable bonds is 5. The minimum atomic E-state index is -0.114. The van der Waals surface area contributed by atoms with E-state index in [9.17, 15) is 4.79 Å². The molecule has 172 valence electrons. The van der Waals surface area contributed by atoms with Crippen molar-refractivity contribution < 1.29 is 4.79 Å². The Morgan fingerprint density at radius 1 is 1.00 bits per heavy atom. The highest BCUT2D eigenvalue weighted by Crippen LogP contribution is 2.35. The van der Waals surface area contributed by atoms with Crippen LogP contribution in [0.5, 0.6) is 0 Å². The summed E-state index contributed by atoms with van der Waals surface area (Å²) < 4.78 is 0. The fourth-order valence-electron chi connectivity index (χ4n) is 4.03. The van der Waals surface area contributed by atoms with E-state index in [0.29, 0.717) is 11.3 Å². The fourth-order valence-corrected chi connectivity index (χ4v) is 4.78. The molecule has 0 bridgehead atoms. The molecular weight excluding hydrogens is 458 g/mol. The quantitative estimate of drug-likeness (QED) is 0.286. The van der Waals surface area contributed by atoms with Crippen LogP contribution in [0.4, 0.5) is 5.69 Å². The van der Waals surface area contributed by atoms with Gasteiger partial charge in [0.2, 0.25) is 5.91 Å². The van der Waals surface area contributed by atoms with Crippen molar-refractivity contribution in [3.8, 4) is 33.0 Å². The first-order chi connectivity index (χ1) is 17.1. The van der Waals surface area contributed by atoms with Crippen LogP contribution in [0, 0.1) is 5.92 Å². The van der Waals surface area contributed by atoms with E-state index in [0.717, 1.165) is 44.4 Å². The van der Waals surface area contributed by atoms with Gasteiger partial charge in [-0.25, -0.2) is 4.98 Å². The number of aromatic amines is 2. The predicted octanol–water partition coefficient (Wildman–Crippen LogP) is 5.89. The predicted molar refractivity (Wildman–Crippen MR) is 139 cm³/mol. The minimum absolute atomic E-state index is 0.0510. The summed E-state index contributed by atoms with van der Waals surface area (Å²) in [6.07, 6.45) is 8.90. The SMILES string of the molecule is CC(C)C(=O)Nc1cncc(-c2cnc3n[nH]c(-c4cc5c(-c6cccs6)cncc5[nH]4)c3c2)c1. The maximum Gasteiger partial charge on any atom is 0.226 e. The monoisotopic (exact) mass is 479 g/mol. The van der Waals surface area contributed by atoms with Crippen molar-refractivity contribution in [2.75, 3.05) is 5.32 Å². The average Bonchev–Trinajstić information content (AvgIpc) is 3.62. The highest BCUT2D eigenvalue weighted by molar-refractivity contribution is 7.13. The first-order valence-electron chi connectivity index (χ1n) is 11.2. The maximum absolute atomic E-state index is 12.1.